The van der Waals surface area contributed by atoms with Gasteiger partial charge in [0.1, 0.15) is 0 Å². The highest BCUT2D eigenvalue weighted by Crippen LogP contribution is 2.20. The summed E-state index contributed by atoms with van der Waals surface area (Å²) in [4.78, 5) is 8.67. The first-order chi connectivity index (χ1) is 5.20. The minimum atomic E-state index is -0.519. The van der Waals surface area contributed by atoms with Crippen LogP contribution in [0.5, 0.6) is 0 Å². The number of nitrogens with two attached hydrogens (primary N) is 1. The Hall–Kier alpha value is -0.630. The van der Waals surface area contributed by atoms with Gasteiger partial charge in [0.2, 0.25) is 0 Å². The van der Waals surface area contributed by atoms with Crippen LogP contribution in [0.4, 0.5) is 0 Å². The molecule has 0 aromatic rings. The van der Waals surface area contributed by atoms with Crippen LogP contribution in [0, 0.1) is 6.57 Å². The summed E-state index contributed by atoms with van der Waals surface area (Å²) in [5, 5.41) is 1.86. The molecular weight excluding hydrogens is 142 g/mol. The van der Waals surface area contributed by atoms with Gasteiger partial charge >= 0.3 is 5.66 Å². The molecule has 1 saturated heterocycles. The summed E-state index contributed by atoms with van der Waals surface area (Å²) < 4.78 is 0. The van der Waals surface area contributed by atoms with Gasteiger partial charge in [0.25, 0.3) is 6.57 Å². The third kappa shape index (κ3) is 1.90. The fourth-order valence-electron chi connectivity index (χ4n) is 1.19. The molecule has 0 atom stereocenters. The summed E-state index contributed by atoms with van der Waals surface area (Å²) in [5.41, 5.74) is 5.28. The van der Waals surface area contributed by atoms with E-state index in [4.69, 9.17) is 17.1 Å². The Morgan fingerprint density at radius 2 is 2.09 bits per heavy atom. The minimum Gasteiger partial charge on any atom is -0.302 e. The summed E-state index contributed by atoms with van der Waals surface area (Å²) in [6.45, 7) is 6.76. The van der Waals surface area contributed by atoms with Crippen LogP contribution in [0.25, 0.3) is 4.85 Å². The molecular formula is C7H14N3O+. The molecule has 1 rings (SSSR count). The van der Waals surface area contributed by atoms with Crippen molar-refractivity contribution in [3.8, 4) is 6.57 Å². The second-order valence-electron chi connectivity index (χ2n) is 2.84. The maximum Gasteiger partial charge on any atom is 0.334 e. The summed E-state index contributed by atoms with van der Waals surface area (Å²) in [7, 11) is 1.66. The van der Waals surface area contributed by atoms with Crippen LogP contribution in [0.3, 0.4) is 0 Å². The lowest BCUT2D eigenvalue weighted by Crippen LogP contribution is -2.47. The molecule has 0 aromatic heterocycles. The van der Waals surface area contributed by atoms with Crippen molar-refractivity contribution in [2.75, 3.05) is 20.2 Å². The van der Waals surface area contributed by atoms with Gasteiger partial charge < -0.3 is 4.84 Å². The molecule has 0 spiro atoms. The van der Waals surface area contributed by atoms with Crippen molar-refractivity contribution in [2.45, 2.75) is 18.5 Å². The summed E-state index contributed by atoms with van der Waals surface area (Å²) >= 11 is 0. The van der Waals surface area contributed by atoms with Crippen molar-refractivity contribution in [1.29, 1.82) is 0 Å². The summed E-state index contributed by atoms with van der Waals surface area (Å²) in [6.07, 6.45) is 1.52. The highest BCUT2D eigenvalue weighted by atomic mass is 16.7. The van der Waals surface area contributed by atoms with Crippen molar-refractivity contribution in [3.05, 3.63) is 4.85 Å². The smallest absolute Gasteiger partial charge is 0.302 e. The number of hydroxylamine groups is 2. The van der Waals surface area contributed by atoms with Crippen LogP contribution in [-0.4, -0.2) is 30.9 Å². The molecule has 11 heavy (non-hydrogen) atoms. The number of hydrogen-bond acceptors (Lipinski definition) is 3. The monoisotopic (exact) mass is 156 g/mol. The third-order valence-corrected chi connectivity index (χ3v) is 2.10. The highest BCUT2D eigenvalue weighted by Gasteiger charge is 2.39. The molecule has 1 heterocycles. The van der Waals surface area contributed by atoms with Crippen molar-refractivity contribution in [3.63, 3.8) is 0 Å². The lowest BCUT2D eigenvalue weighted by atomic mass is 10.0. The van der Waals surface area contributed by atoms with Gasteiger partial charge in [0, 0.05) is 13.1 Å². The molecule has 1 aliphatic heterocycles. The standard InChI is InChI=1S/C7H14N3O/c1-9-7(8)3-5-10(11-2)6-4-7/h1H,3-6,8H2,2H3/q+1. The van der Waals surface area contributed by atoms with Gasteiger partial charge in [-0.15, -0.1) is 0 Å². The number of nitrogens with zero attached hydrogens (tertiary/aromatic N) is 2. The van der Waals surface area contributed by atoms with E-state index in [0.29, 0.717) is 0 Å². The molecule has 0 amide bonds. The van der Waals surface area contributed by atoms with Gasteiger partial charge in [-0.25, -0.2) is 0 Å². The minimum absolute atomic E-state index is 0.519. The quantitative estimate of drug-likeness (QED) is 0.592. The maximum absolute atomic E-state index is 5.80. The van der Waals surface area contributed by atoms with E-state index >= 15 is 0 Å². The normalized spacial score (nSPS) is 24.5. The van der Waals surface area contributed by atoms with Gasteiger partial charge in [-0.3, -0.25) is 5.73 Å². The van der Waals surface area contributed by atoms with Gasteiger partial charge in [0.05, 0.1) is 20.0 Å². The number of piperidine rings is 1. The van der Waals surface area contributed by atoms with Crippen LogP contribution in [0.15, 0.2) is 0 Å². The summed E-state index contributed by atoms with van der Waals surface area (Å²) in [5.74, 6) is 0. The van der Waals surface area contributed by atoms with E-state index in [1.165, 1.54) is 0 Å². The Morgan fingerprint density at radius 1 is 1.55 bits per heavy atom. The molecule has 2 N–H and O–H groups in total. The maximum atomic E-state index is 5.80. The molecule has 4 nitrogen and oxygen atoms in total. The zero-order valence-electron chi connectivity index (χ0n) is 6.79. The van der Waals surface area contributed by atoms with Crippen LogP contribution in [0.1, 0.15) is 12.8 Å². The third-order valence-electron chi connectivity index (χ3n) is 2.10. The Balaban J connectivity index is 2.43. The fraction of sp³-hybridized carbons (Fsp3) is 0.857. The lowest BCUT2D eigenvalue weighted by Gasteiger charge is -2.27. The Bertz CT molecular complexity index is 167. The van der Waals surface area contributed by atoms with Gasteiger partial charge in [0.15, 0.2) is 0 Å². The average molecular weight is 156 g/mol. The van der Waals surface area contributed by atoms with Crippen LogP contribution >= 0.6 is 0 Å². The summed E-state index contributed by atoms with van der Waals surface area (Å²) in [6, 6.07) is 0. The molecule has 0 saturated carbocycles. The van der Waals surface area contributed by atoms with Crippen molar-refractivity contribution in [1.82, 2.24) is 5.06 Å². The molecule has 1 aliphatic rings. The van der Waals surface area contributed by atoms with Crippen LogP contribution in [-0.2, 0) is 4.84 Å². The predicted molar refractivity (Wildman–Crippen MR) is 43.0 cm³/mol. The van der Waals surface area contributed by atoms with Gasteiger partial charge in [-0.2, -0.15) is 5.06 Å². The Kier molecular flexibility index (Phi) is 2.45. The molecule has 1 fully saturated rings. The lowest BCUT2D eigenvalue weighted by molar-refractivity contribution is -0.147. The highest BCUT2D eigenvalue weighted by molar-refractivity contribution is 4.98. The van der Waals surface area contributed by atoms with E-state index in [1.54, 1.807) is 7.11 Å². The average Bonchev–Trinajstić information content (AvgIpc) is 2.06. The molecule has 0 radical (unpaired) electrons. The van der Waals surface area contributed by atoms with Crippen molar-refractivity contribution >= 4 is 0 Å². The number of hydrogen-bond donors (Lipinski definition) is 1. The molecule has 0 aliphatic carbocycles. The predicted octanol–water partition coefficient (Wildman–Crippen LogP) is 0.261. The van der Waals surface area contributed by atoms with E-state index in [1.807, 2.05) is 5.06 Å². The van der Waals surface area contributed by atoms with E-state index in [-0.39, 0.29) is 0 Å². The van der Waals surface area contributed by atoms with Crippen LogP contribution in [0.2, 0.25) is 0 Å². The van der Waals surface area contributed by atoms with E-state index in [0.717, 1.165) is 25.9 Å². The first-order valence-corrected chi connectivity index (χ1v) is 3.70. The molecule has 4 heteroatoms. The zero-order valence-corrected chi connectivity index (χ0v) is 6.79. The topological polar surface area (TPSA) is 42.8 Å². The molecule has 62 valence electrons. The Labute approximate surface area is 66.7 Å². The largest absolute Gasteiger partial charge is 0.334 e. The van der Waals surface area contributed by atoms with E-state index in [2.05, 4.69) is 4.85 Å². The number of rotatable bonds is 1. The van der Waals surface area contributed by atoms with Gasteiger partial charge in [-0.1, -0.05) is 4.85 Å². The first-order valence-electron chi connectivity index (χ1n) is 3.70. The molecule has 0 unspecified atom stereocenters. The van der Waals surface area contributed by atoms with E-state index < -0.39 is 5.66 Å². The SMILES string of the molecule is C#[N+]C1(N)CCN(OC)CC1. The second-order valence-corrected chi connectivity index (χ2v) is 2.84. The van der Waals surface area contributed by atoms with Crippen molar-refractivity contribution < 1.29 is 4.84 Å². The Morgan fingerprint density at radius 3 is 2.45 bits per heavy atom. The van der Waals surface area contributed by atoms with Crippen LogP contribution < -0.4 is 5.73 Å². The molecule has 0 bridgehead atoms. The van der Waals surface area contributed by atoms with E-state index in [9.17, 15) is 0 Å². The first kappa shape index (κ1) is 8.47. The zero-order chi connectivity index (χ0) is 8.32. The molecule has 0 aromatic carbocycles. The fourth-order valence-corrected chi connectivity index (χ4v) is 1.19. The van der Waals surface area contributed by atoms with Crippen molar-refractivity contribution in [2.24, 2.45) is 5.73 Å². The second kappa shape index (κ2) is 3.18. The van der Waals surface area contributed by atoms with Gasteiger partial charge in [-0.05, 0) is 0 Å².